The van der Waals surface area contributed by atoms with Crippen molar-refractivity contribution in [2.45, 2.75) is 152 Å². The van der Waals surface area contributed by atoms with Gasteiger partial charge in [-0.1, -0.05) is 0 Å². The van der Waals surface area contributed by atoms with Gasteiger partial charge in [0.15, 0.2) is 0 Å². The van der Waals surface area contributed by atoms with Crippen LogP contribution in [0, 0.1) is 0 Å². The molecule has 0 N–H and O–H groups in total. The molecule has 0 saturated heterocycles. The number of allylic oxidation sites excluding steroid dienone is 1. The van der Waals surface area contributed by atoms with Crippen LogP contribution in [0.2, 0.25) is 26.6 Å². The molecule has 1 aromatic rings. The third-order valence-electron chi connectivity index (χ3n) is 9.39. The molecule has 1 aliphatic heterocycles. The molecule has 0 atom stereocenters. The fraction of sp³-hybridized carbons (Fsp3) is 0.812. The van der Waals surface area contributed by atoms with Crippen LogP contribution in [-0.2, 0) is 0 Å². The summed E-state index contributed by atoms with van der Waals surface area (Å²) in [5, 5.41) is 2.32. The van der Waals surface area contributed by atoms with Crippen LogP contribution in [0.4, 0.5) is 0 Å². The van der Waals surface area contributed by atoms with Gasteiger partial charge in [-0.25, -0.2) is 0 Å². The molecule has 0 saturated carbocycles. The molecule has 0 radical (unpaired) electrons. The van der Waals surface area contributed by atoms with E-state index < -0.39 is 36.8 Å². The van der Waals surface area contributed by atoms with E-state index in [1.54, 1.807) is 36.4 Å². The molecule has 36 heavy (non-hydrogen) atoms. The van der Waals surface area contributed by atoms with Crippen molar-refractivity contribution in [1.82, 2.24) is 0 Å². The molecule has 2 heterocycles. The summed E-state index contributed by atoms with van der Waals surface area (Å²) in [5.74, 6) is 0. The Morgan fingerprint density at radius 3 is 1.33 bits per heavy atom. The van der Waals surface area contributed by atoms with Crippen LogP contribution in [0.1, 0.15) is 130 Å². The average Bonchev–Trinajstić information content (AvgIpc) is 3.60. The summed E-state index contributed by atoms with van der Waals surface area (Å²) in [5.41, 5.74) is 0. The summed E-state index contributed by atoms with van der Waals surface area (Å²) in [6.07, 6.45) is 21.9. The summed E-state index contributed by atoms with van der Waals surface area (Å²) in [4.78, 5) is 3.31. The second-order valence-corrected chi connectivity index (χ2v) is 48.3. The van der Waals surface area contributed by atoms with E-state index >= 15 is 0 Å². The Balaban J connectivity index is 2.76. The number of unbranched alkanes of at least 4 members (excludes halogenated alkanes) is 6. The first-order chi connectivity index (χ1) is 17.5. The molecule has 208 valence electrons. The Labute approximate surface area is 243 Å². The predicted molar refractivity (Wildman–Crippen MR) is 177 cm³/mol. The van der Waals surface area contributed by atoms with Crippen molar-refractivity contribution in [1.29, 1.82) is 0 Å². The van der Waals surface area contributed by atoms with Crippen molar-refractivity contribution in [3.63, 3.8) is 0 Å². The third-order valence-corrected chi connectivity index (χ3v) is 72.8. The second kappa shape index (κ2) is 17.9. The standard InChI is InChI=1S/C8H6S2.6C4H9.2Sn/c1-3-7(9-5-1)8-4-2-6-10-8;6*1-3-4-2;;/h1,3-5H,2H2;6*1,3-4H2,2H3;;. The Morgan fingerprint density at radius 1 is 0.639 bits per heavy atom. The van der Waals surface area contributed by atoms with E-state index in [0.717, 1.165) is 0.779 Å². The molecule has 4 heteroatoms. The number of hydrogen-bond donors (Lipinski definition) is 0. The molecule has 0 nitrogen and oxygen atoms in total. The first-order valence-electron chi connectivity index (χ1n) is 16.0. The monoisotopic (exact) mass is 748 g/mol. The zero-order valence-corrected chi connectivity index (χ0v) is 32.4. The van der Waals surface area contributed by atoms with Gasteiger partial charge in [-0.2, -0.15) is 0 Å². The fourth-order valence-electron chi connectivity index (χ4n) is 7.34. The molecule has 0 fully saturated rings. The van der Waals surface area contributed by atoms with E-state index in [1.807, 2.05) is 11.3 Å². The van der Waals surface area contributed by atoms with E-state index in [4.69, 9.17) is 0 Å². The summed E-state index contributed by atoms with van der Waals surface area (Å²) < 4.78 is 11.0. The normalized spacial score (nSPS) is 16.0. The van der Waals surface area contributed by atoms with Crippen LogP contribution in [0.5, 0.6) is 0 Å². The van der Waals surface area contributed by atoms with Gasteiger partial charge in [-0.15, -0.1) is 0 Å². The van der Waals surface area contributed by atoms with Crippen molar-refractivity contribution < 1.29 is 0 Å². The minimum absolute atomic E-state index is 0.766. The molecule has 1 aliphatic rings. The number of hydrogen-bond acceptors (Lipinski definition) is 2. The first kappa shape index (κ1) is 33.6. The van der Waals surface area contributed by atoms with E-state index in [2.05, 4.69) is 76.9 Å². The van der Waals surface area contributed by atoms with E-state index in [9.17, 15) is 0 Å². The van der Waals surface area contributed by atoms with Gasteiger partial charge >= 0.3 is 246 Å². The van der Waals surface area contributed by atoms with E-state index in [0.29, 0.717) is 0 Å². The summed E-state index contributed by atoms with van der Waals surface area (Å²) in [7, 11) is 0. The number of thiophene rings is 1. The molecule has 0 amide bonds. The van der Waals surface area contributed by atoms with Crippen LogP contribution in [-0.4, -0.2) is 37.5 Å². The molecular formula is C32H60S2Sn2. The van der Waals surface area contributed by atoms with Crippen LogP contribution in [0.3, 0.4) is 0 Å². The fourth-order valence-corrected chi connectivity index (χ4v) is 90.3. The maximum absolute atomic E-state index is 2.82. The molecule has 0 spiro atoms. The number of rotatable bonds is 21. The van der Waals surface area contributed by atoms with Gasteiger partial charge in [0.1, 0.15) is 0 Å². The van der Waals surface area contributed by atoms with Crippen LogP contribution >= 0.6 is 23.1 Å². The first-order valence-corrected chi connectivity index (χ1v) is 32.6. The van der Waals surface area contributed by atoms with Crippen molar-refractivity contribution in [3.05, 3.63) is 28.5 Å². The van der Waals surface area contributed by atoms with Gasteiger partial charge in [0, 0.05) is 0 Å². The van der Waals surface area contributed by atoms with Crippen molar-refractivity contribution in [2.24, 2.45) is 0 Å². The van der Waals surface area contributed by atoms with Crippen LogP contribution < -0.4 is 0 Å². The molecule has 0 aliphatic carbocycles. The predicted octanol–water partition coefficient (Wildman–Crippen LogP) is 12.7. The molecule has 0 bridgehead atoms. The molecular weight excluding hydrogens is 686 g/mol. The van der Waals surface area contributed by atoms with E-state index in [1.165, 1.54) is 83.5 Å². The van der Waals surface area contributed by atoms with Gasteiger partial charge in [0.05, 0.1) is 0 Å². The Morgan fingerprint density at radius 2 is 1.03 bits per heavy atom. The van der Waals surface area contributed by atoms with Crippen LogP contribution in [0.15, 0.2) is 23.6 Å². The van der Waals surface area contributed by atoms with Crippen molar-refractivity contribution in [3.8, 4) is 0 Å². The second-order valence-electron chi connectivity index (χ2n) is 11.9. The zero-order valence-electron chi connectivity index (χ0n) is 25.1. The van der Waals surface area contributed by atoms with Gasteiger partial charge < -0.3 is 0 Å². The Bertz CT molecular complexity index is 649. The zero-order chi connectivity index (χ0) is 26.3. The minimum atomic E-state index is -2.56. The van der Waals surface area contributed by atoms with Gasteiger partial charge in [-0.3, -0.25) is 0 Å². The molecule has 0 aromatic carbocycles. The molecule has 2 rings (SSSR count). The Kier molecular flexibility index (Phi) is 16.7. The van der Waals surface area contributed by atoms with Crippen molar-refractivity contribution in [2.75, 3.05) is 0 Å². The summed E-state index contributed by atoms with van der Waals surface area (Å²) >= 11 is -0.513. The summed E-state index contributed by atoms with van der Waals surface area (Å²) in [6.45, 7) is 14.8. The molecule has 0 unspecified atom stereocenters. The molecule has 1 aromatic heterocycles. The van der Waals surface area contributed by atoms with Crippen LogP contribution in [0.25, 0.3) is 4.91 Å². The summed E-state index contributed by atoms with van der Waals surface area (Å²) in [6, 6.07) is 4.73. The third kappa shape index (κ3) is 8.21. The SMILES string of the molecule is CCC[CH2][Sn]([CH2]CCC)([CH2]CCC)[C]1([Sn]([CH2]CCC)([CH2]CCC)[CH2]CCC)CC=C(c2cccs2)S1. The van der Waals surface area contributed by atoms with Gasteiger partial charge in [0.2, 0.25) is 0 Å². The van der Waals surface area contributed by atoms with E-state index in [-0.39, 0.29) is 0 Å². The quantitative estimate of drug-likeness (QED) is 0.113. The van der Waals surface area contributed by atoms with Crippen molar-refractivity contribution >= 4 is 64.8 Å². The van der Waals surface area contributed by atoms with Gasteiger partial charge in [0.25, 0.3) is 0 Å². The Hall–Kier alpha value is 1.39. The average molecular weight is 746 g/mol. The maximum atomic E-state index is 2.82. The topological polar surface area (TPSA) is 0 Å². The van der Waals surface area contributed by atoms with Gasteiger partial charge in [-0.05, 0) is 0 Å². The number of thioether (sulfide) groups is 1.